The Hall–Kier alpha value is -3.94. The third-order valence-electron chi connectivity index (χ3n) is 4.69. The second-order valence-corrected chi connectivity index (χ2v) is 6.10. The van der Waals surface area contributed by atoms with Crippen molar-refractivity contribution in [2.24, 2.45) is 0 Å². The minimum Gasteiger partial charge on any atom is -0.505 e. The summed E-state index contributed by atoms with van der Waals surface area (Å²) in [7, 11) is 0. The SMILES string of the molecule is Nc1cc2c(=O)n3c4ccc([N+](=O)[O-])cc4nc3c3cccc(c1O)c23. The van der Waals surface area contributed by atoms with Gasteiger partial charge in [0.1, 0.15) is 11.4 Å². The average molecular weight is 346 g/mol. The van der Waals surface area contributed by atoms with Gasteiger partial charge in [-0.15, -0.1) is 0 Å². The van der Waals surface area contributed by atoms with Crippen LogP contribution in [0.2, 0.25) is 0 Å². The van der Waals surface area contributed by atoms with E-state index in [0.29, 0.717) is 38.2 Å². The van der Waals surface area contributed by atoms with E-state index in [-0.39, 0.29) is 22.7 Å². The summed E-state index contributed by atoms with van der Waals surface area (Å²) >= 11 is 0. The number of nitro groups is 1. The van der Waals surface area contributed by atoms with E-state index in [1.165, 1.54) is 28.7 Å². The fraction of sp³-hybridized carbons (Fsp3) is 0. The quantitative estimate of drug-likeness (QED) is 0.208. The lowest BCUT2D eigenvalue weighted by Gasteiger charge is -2.10. The van der Waals surface area contributed by atoms with E-state index >= 15 is 0 Å². The van der Waals surface area contributed by atoms with Crippen LogP contribution in [0.4, 0.5) is 11.4 Å². The second kappa shape index (κ2) is 4.57. The summed E-state index contributed by atoms with van der Waals surface area (Å²) in [6.07, 6.45) is 0. The van der Waals surface area contributed by atoms with Crippen molar-refractivity contribution in [3.63, 3.8) is 0 Å². The normalized spacial score (nSPS) is 11.8. The highest BCUT2D eigenvalue weighted by atomic mass is 16.6. The van der Waals surface area contributed by atoms with Gasteiger partial charge >= 0.3 is 0 Å². The minimum absolute atomic E-state index is 0.0846. The third kappa shape index (κ3) is 1.62. The number of non-ortho nitro benzene ring substituents is 1. The predicted molar refractivity (Wildman–Crippen MR) is 97.9 cm³/mol. The number of hydrogen-bond donors (Lipinski definition) is 2. The van der Waals surface area contributed by atoms with E-state index in [9.17, 15) is 20.0 Å². The zero-order chi connectivity index (χ0) is 18.2. The van der Waals surface area contributed by atoms with Crippen LogP contribution in [0, 0.1) is 10.1 Å². The molecule has 0 saturated carbocycles. The van der Waals surface area contributed by atoms with E-state index in [1.807, 2.05) is 0 Å². The van der Waals surface area contributed by atoms with Gasteiger partial charge in [-0.2, -0.15) is 0 Å². The molecular weight excluding hydrogens is 336 g/mol. The molecule has 0 unspecified atom stereocenters. The van der Waals surface area contributed by atoms with Crippen molar-refractivity contribution >= 4 is 49.6 Å². The Morgan fingerprint density at radius 1 is 1.12 bits per heavy atom. The molecule has 5 aromatic rings. The van der Waals surface area contributed by atoms with Crippen LogP contribution >= 0.6 is 0 Å². The van der Waals surface area contributed by atoms with Crippen LogP contribution in [0.3, 0.4) is 0 Å². The molecule has 2 aromatic heterocycles. The number of phenolic OH excluding ortho intramolecular Hbond substituents is 1. The molecule has 3 N–H and O–H groups in total. The number of rotatable bonds is 1. The van der Waals surface area contributed by atoms with Crippen LogP contribution in [-0.4, -0.2) is 19.4 Å². The lowest BCUT2D eigenvalue weighted by atomic mass is 10.0. The number of imidazole rings is 1. The zero-order valence-electron chi connectivity index (χ0n) is 13.1. The van der Waals surface area contributed by atoms with Crippen molar-refractivity contribution in [2.45, 2.75) is 0 Å². The maximum absolute atomic E-state index is 13.1. The number of aromatic hydroxyl groups is 1. The maximum Gasteiger partial charge on any atom is 0.271 e. The first-order chi connectivity index (χ1) is 12.5. The maximum atomic E-state index is 13.1. The molecule has 126 valence electrons. The van der Waals surface area contributed by atoms with E-state index in [1.54, 1.807) is 18.2 Å². The van der Waals surface area contributed by atoms with Gasteiger partial charge in [-0.1, -0.05) is 18.2 Å². The summed E-state index contributed by atoms with van der Waals surface area (Å²) in [5.74, 6) is -0.0846. The van der Waals surface area contributed by atoms with E-state index in [2.05, 4.69) is 4.98 Å². The van der Waals surface area contributed by atoms with Crippen LogP contribution in [-0.2, 0) is 0 Å². The highest BCUT2D eigenvalue weighted by Gasteiger charge is 2.19. The van der Waals surface area contributed by atoms with Gasteiger partial charge < -0.3 is 10.8 Å². The summed E-state index contributed by atoms with van der Waals surface area (Å²) in [6.45, 7) is 0. The number of pyridine rings is 1. The number of aromatic nitrogens is 2. The number of anilines is 1. The standard InChI is InChI=1S/C18H10N4O4/c19-12-7-11-15-9(16(12)23)2-1-3-10(15)17-20-13-6-8(22(25)26)4-5-14(13)21(17)18(11)24/h1-7,23H,19H2. The summed E-state index contributed by atoms with van der Waals surface area (Å²) in [6, 6.07) is 10.9. The molecule has 2 heterocycles. The number of nitrogens with two attached hydrogens (primary N) is 1. The summed E-state index contributed by atoms with van der Waals surface area (Å²) in [4.78, 5) is 28.1. The molecule has 0 spiro atoms. The molecule has 0 saturated heterocycles. The molecule has 26 heavy (non-hydrogen) atoms. The van der Waals surface area contributed by atoms with Crippen molar-refractivity contribution in [3.05, 3.63) is 62.9 Å². The van der Waals surface area contributed by atoms with Gasteiger partial charge in [-0.25, -0.2) is 4.98 Å². The van der Waals surface area contributed by atoms with Crippen molar-refractivity contribution in [1.82, 2.24) is 9.38 Å². The highest BCUT2D eigenvalue weighted by molar-refractivity contribution is 6.18. The first-order valence-electron chi connectivity index (χ1n) is 7.73. The number of benzene rings is 3. The molecule has 0 fully saturated rings. The molecule has 8 nitrogen and oxygen atoms in total. The van der Waals surface area contributed by atoms with Crippen LogP contribution in [0.5, 0.6) is 5.75 Å². The summed E-state index contributed by atoms with van der Waals surface area (Å²) < 4.78 is 1.42. The summed E-state index contributed by atoms with van der Waals surface area (Å²) in [5, 5.41) is 23.3. The molecule has 3 aromatic carbocycles. The summed E-state index contributed by atoms with van der Waals surface area (Å²) in [5.41, 5.74) is 6.74. The molecule has 0 atom stereocenters. The Bertz CT molecular complexity index is 1460. The number of hydrogen-bond acceptors (Lipinski definition) is 6. The number of nitrogen functional groups attached to an aromatic ring is 1. The number of phenols is 1. The lowest BCUT2D eigenvalue weighted by molar-refractivity contribution is -0.384. The average Bonchev–Trinajstić information content (AvgIpc) is 3.02. The molecule has 0 bridgehead atoms. The van der Waals surface area contributed by atoms with Gasteiger partial charge in [0.15, 0.2) is 0 Å². The van der Waals surface area contributed by atoms with Gasteiger partial charge in [0.2, 0.25) is 0 Å². The first-order valence-corrected chi connectivity index (χ1v) is 7.73. The Kier molecular flexibility index (Phi) is 2.53. The first kappa shape index (κ1) is 14.4. The topological polar surface area (TPSA) is 124 Å². The fourth-order valence-electron chi connectivity index (χ4n) is 3.54. The molecule has 5 rings (SSSR count). The van der Waals surface area contributed by atoms with Gasteiger partial charge in [0.25, 0.3) is 11.2 Å². The molecule has 8 heteroatoms. The van der Waals surface area contributed by atoms with Crippen molar-refractivity contribution < 1.29 is 10.0 Å². The monoisotopic (exact) mass is 346 g/mol. The zero-order valence-corrected chi connectivity index (χ0v) is 13.1. The number of nitrogens with zero attached hydrogens (tertiary/aromatic N) is 3. The van der Waals surface area contributed by atoms with E-state index in [4.69, 9.17) is 5.73 Å². The van der Waals surface area contributed by atoms with E-state index < -0.39 is 4.92 Å². The van der Waals surface area contributed by atoms with Crippen molar-refractivity contribution in [3.8, 4) is 5.75 Å². The van der Waals surface area contributed by atoms with Gasteiger partial charge in [-0.05, 0) is 12.1 Å². The largest absolute Gasteiger partial charge is 0.505 e. The van der Waals surface area contributed by atoms with Crippen molar-refractivity contribution in [1.29, 1.82) is 0 Å². The Balaban J connectivity index is 2.11. The molecular formula is C18H10N4O4. The van der Waals surface area contributed by atoms with E-state index in [0.717, 1.165) is 0 Å². The fourth-order valence-corrected chi connectivity index (χ4v) is 3.54. The van der Waals surface area contributed by atoms with Crippen LogP contribution in [0.25, 0.3) is 38.2 Å². The minimum atomic E-state index is -0.506. The molecule has 0 aliphatic rings. The Morgan fingerprint density at radius 3 is 2.65 bits per heavy atom. The highest BCUT2D eigenvalue weighted by Crippen LogP contribution is 2.37. The van der Waals surface area contributed by atoms with Gasteiger partial charge in [0, 0.05) is 28.3 Å². The number of nitro benzene ring substituents is 1. The third-order valence-corrected chi connectivity index (χ3v) is 4.69. The molecule has 0 aliphatic carbocycles. The van der Waals surface area contributed by atoms with Gasteiger partial charge in [0.05, 0.1) is 27.0 Å². The van der Waals surface area contributed by atoms with Crippen LogP contribution < -0.4 is 11.3 Å². The van der Waals surface area contributed by atoms with Gasteiger partial charge in [-0.3, -0.25) is 19.3 Å². The molecule has 0 aliphatic heterocycles. The van der Waals surface area contributed by atoms with Crippen LogP contribution in [0.15, 0.2) is 47.3 Å². The lowest BCUT2D eigenvalue weighted by Crippen LogP contribution is -2.13. The van der Waals surface area contributed by atoms with Crippen molar-refractivity contribution in [2.75, 3.05) is 5.73 Å². The molecule has 0 radical (unpaired) electrons. The Labute approximate surface area is 144 Å². The predicted octanol–water partition coefficient (Wildman–Crippen LogP) is 2.79. The Morgan fingerprint density at radius 2 is 1.88 bits per heavy atom. The number of fused-ring (bicyclic) bond motifs is 4. The van der Waals surface area contributed by atoms with Crippen LogP contribution in [0.1, 0.15) is 0 Å². The smallest absolute Gasteiger partial charge is 0.271 e. The second-order valence-electron chi connectivity index (χ2n) is 6.10. The molecule has 0 amide bonds.